The fraction of sp³-hybridized carbons (Fsp3) is 0.435. The van der Waals surface area contributed by atoms with Gasteiger partial charge < -0.3 is 20.6 Å². The Hall–Kier alpha value is -2.23. The van der Waals surface area contributed by atoms with E-state index in [2.05, 4.69) is 10.6 Å². The van der Waals surface area contributed by atoms with E-state index in [9.17, 15) is 23.1 Å². The second kappa shape index (κ2) is 11.6. The molecular weight excluding hydrogens is 439 g/mol. The number of hydrogen-bond acceptors (Lipinski definition) is 5. The summed E-state index contributed by atoms with van der Waals surface area (Å²) in [5, 5.41) is 16.1. The molecule has 3 rings (SSSR count). The molecule has 1 amide bonds. The minimum Gasteiger partial charge on any atom is -0.385 e. The molecule has 2 aromatic rings. The van der Waals surface area contributed by atoms with Crippen molar-refractivity contribution in [2.24, 2.45) is 0 Å². The van der Waals surface area contributed by atoms with E-state index in [1.54, 1.807) is 24.8 Å². The highest BCUT2D eigenvalue weighted by molar-refractivity contribution is 7.98. The molecule has 32 heavy (non-hydrogen) atoms. The average Bonchev–Trinajstić information content (AvgIpc) is 2.75. The first-order chi connectivity index (χ1) is 15.2. The molecule has 0 bridgehead atoms. The highest BCUT2D eigenvalue weighted by Gasteiger charge is 2.44. The third-order valence-corrected chi connectivity index (χ3v) is 5.52. The van der Waals surface area contributed by atoms with E-state index in [1.807, 2.05) is 20.1 Å². The number of β-amino-alcohol motifs (C(OH)–C–C–N with tert-alkyl or cyclic N) is 1. The van der Waals surface area contributed by atoms with Gasteiger partial charge in [0.05, 0.1) is 30.0 Å². The average molecular weight is 470 g/mol. The molecule has 5 nitrogen and oxygen atoms in total. The Kier molecular flexibility index (Phi) is 9.42. The Morgan fingerprint density at radius 2 is 1.84 bits per heavy atom. The number of aryl methyl sites for hydroxylation is 1. The quantitative estimate of drug-likeness (QED) is 0.503. The Bertz CT molecular complexity index is 937. The fourth-order valence-electron chi connectivity index (χ4n) is 3.29. The molecule has 1 aliphatic rings. The number of anilines is 2. The summed E-state index contributed by atoms with van der Waals surface area (Å²) in [6.45, 7) is 6.89. The molecule has 0 saturated carbocycles. The van der Waals surface area contributed by atoms with Crippen molar-refractivity contribution in [3.05, 3.63) is 58.9 Å². The van der Waals surface area contributed by atoms with E-state index in [-0.39, 0.29) is 24.3 Å². The van der Waals surface area contributed by atoms with Gasteiger partial charge >= 0.3 is 0 Å². The Morgan fingerprint density at radius 3 is 2.47 bits per heavy atom. The topological polar surface area (TPSA) is 64.6 Å². The first-order valence-corrected chi connectivity index (χ1v) is 11.9. The Balaban J connectivity index is 0.00000176. The van der Waals surface area contributed by atoms with Crippen LogP contribution in [0.2, 0.25) is 0 Å². The van der Waals surface area contributed by atoms with Crippen molar-refractivity contribution < 1.29 is 23.1 Å². The third kappa shape index (κ3) is 6.17. The normalized spacial score (nSPS) is 14.3. The molecule has 3 N–H and O–H groups in total. The van der Waals surface area contributed by atoms with Crippen molar-refractivity contribution in [2.75, 3.05) is 43.5 Å². The van der Waals surface area contributed by atoms with Crippen molar-refractivity contribution in [1.29, 1.82) is 0 Å². The molecular formula is C23H30F3N3O2S. The van der Waals surface area contributed by atoms with E-state index in [0.29, 0.717) is 12.1 Å². The summed E-state index contributed by atoms with van der Waals surface area (Å²) >= 11 is 1.68. The molecule has 0 aliphatic carbocycles. The van der Waals surface area contributed by atoms with Crippen LogP contribution in [0, 0.1) is 24.4 Å². The van der Waals surface area contributed by atoms with Gasteiger partial charge in [-0.2, -0.15) is 11.8 Å². The number of rotatable bonds is 8. The molecule has 0 atom stereocenters. The van der Waals surface area contributed by atoms with Crippen LogP contribution >= 0.6 is 11.8 Å². The van der Waals surface area contributed by atoms with Crippen molar-refractivity contribution in [3.63, 3.8) is 0 Å². The zero-order chi connectivity index (χ0) is 23.9. The van der Waals surface area contributed by atoms with Gasteiger partial charge in [0, 0.05) is 18.8 Å². The van der Waals surface area contributed by atoms with Crippen molar-refractivity contribution >= 4 is 29.0 Å². The minimum absolute atomic E-state index is 0.0649. The second-order valence-corrected chi connectivity index (χ2v) is 8.43. The number of carbonyl (C=O) groups excluding carboxylic acids is 1. The van der Waals surface area contributed by atoms with Crippen LogP contribution in [0.25, 0.3) is 0 Å². The van der Waals surface area contributed by atoms with Gasteiger partial charge in [-0.15, -0.1) is 0 Å². The monoisotopic (exact) mass is 469 g/mol. The number of benzene rings is 2. The smallest absolute Gasteiger partial charge is 0.256 e. The SMILES string of the molecule is CC.CSCCNCC1(O)CN(C(=O)c2ccc(F)c(F)c2Nc2ccc(C)cc2F)C1. The summed E-state index contributed by atoms with van der Waals surface area (Å²) in [6, 6.07) is 6.27. The van der Waals surface area contributed by atoms with E-state index < -0.39 is 34.6 Å². The maximum Gasteiger partial charge on any atom is 0.256 e. The van der Waals surface area contributed by atoms with Gasteiger partial charge in [-0.1, -0.05) is 19.9 Å². The first kappa shape index (κ1) is 26.0. The van der Waals surface area contributed by atoms with Crippen LogP contribution < -0.4 is 10.6 Å². The van der Waals surface area contributed by atoms with E-state index in [4.69, 9.17) is 0 Å². The molecule has 2 aromatic carbocycles. The summed E-state index contributed by atoms with van der Waals surface area (Å²) in [5.41, 5.74) is -1.04. The van der Waals surface area contributed by atoms with Gasteiger partial charge in [-0.05, 0) is 43.0 Å². The van der Waals surface area contributed by atoms with Gasteiger partial charge in [-0.3, -0.25) is 4.79 Å². The summed E-state index contributed by atoms with van der Waals surface area (Å²) < 4.78 is 42.5. The molecule has 1 aliphatic heterocycles. The van der Waals surface area contributed by atoms with E-state index in [0.717, 1.165) is 24.4 Å². The van der Waals surface area contributed by atoms with Gasteiger partial charge in [-0.25, -0.2) is 13.2 Å². The lowest BCUT2D eigenvalue weighted by atomic mass is 9.93. The maximum absolute atomic E-state index is 14.5. The van der Waals surface area contributed by atoms with Crippen LogP contribution in [0.3, 0.4) is 0 Å². The predicted molar refractivity (Wildman–Crippen MR) is 124 cm³/mol. The van der Waals surface area contributed by atoms with Crippen LogP contribution in [-0.4, -0.2) is 59.7 Å². The van der Waals surface area contributed by atoms with Crippen LogP contribution in [0.4, 0.5) is 24.5 Å². The molecule has 0 radical (unpaired) electrons. The summed E-state index contributed by atoms with van der Waals surface area (Å²) in [4.78, 5) is 14.2. The summed E-state index contributed by atoms with van der Waals surface area (Å²) in [7, 11) is 0. The lowest BCUT2D eigenvalue weighted by Crippen LogP contribution is -2.67. The lowest BCUT2D eigenvalue weighted by Gasteiger charge is -2.46. The molecule has 1 heterocycles. The molecule has 1 fully saturated rings. The number of nitrogens with one attached hydrogen (secondary N) is 2. The first-order valence-electron chi connectivity index (χ1n) is 10.5. The number of halogens is 3. The number of thioether (sulfide) groups is 1. The van der Waals surface area contributed by atoms with Gasteiger partial charge in [0.2, 0.25) is 0 Å². The number of carbonyl (C=O) groups is 1. The standard InChI is InChI=1S/C21H24F3N3O2S.C2H6/c1-13-3-6-17(16(23)9-13)26-19-14(4-5-15(22)18(19)24)20(28)27-11-21(29,12-27)10-25-7-8-30-2;1-2/h3-6,9,25-26,29H,7-8,10-12H2,1-2H3;1-2H3. The van der Waals surface area contributed by atoms with Crippen LogP contribution in [-0.2, 0) is 0 Å². The number of likely N-dealkylation sites (tertiary alicyclic amines) is 1. The number of nitrogens with zero attached hydrogens (tertiary/aromatic N) is 1. The third-order valence-electron chi connectivity index (χ3n) is 4.90. The molecule has 1 saturated heterocycles. The molecule has 9 heteroatoms. The second-order valence-electron chi connectivity index (χ2n) is 7.45. The van der Waals surface area contributed by atoms with Gasteiger partial charge in [0.25, 0.3) is 5.91 Å². The number of hydrogen-bond donors (Lipinski definition) is 3. The molecule has 0 spiro atoms. The largest absolute Gasteiger partial charge is 0.385 e. The predicted octanol–water partition coefficient (Wildman–Crippen LogP) is 4.32. The van der Waals surface area contributed by atoms with Crippen LogP contribution in [0.5, 0.6) is 0 Å². The molecule has 0 unspecified atom stereocenters. The summed E-state index contributed by atoms with van der Waals surface area (Å²) in [5.74, 6) is -2.74. The Morgan fingerprint density at radius 1 is 1.16 bits per heavy atom. The zero-order valence-corrected chi connectivity index (χ0v) is 19.6. The Labute approximate surface area is 191 Å². The zero-order valence-electron chi connectivity index (χ0n) is 18.8. The molecule has 176 valence electrons. The van der Waals surface area contributed by atoms with Gasteiger partial charge in [0.15, 0.2) is 11.6 Å². The van der Waals surface area contributed by atoms with Crippen molar-refractivity contribution in [2.45, 2.75) is 26.4 Å². The minimum atomic E-state index is -1.27. The number of aliphatic hydroxyl groups is 1. The fourth-order valence-corrected chi connectivity index (χ4v) is 3.64. The van der Waals surface area contributed by atoms with Crippen molar-refractivity contribution in [1.82, 2.24) is 10.2 Å². The maximum atomic E-state index is 14.5. The van der Waals surface area contributed by atoms with Gasteiger partial charge in [0.1, 0.15) is 11.4 Å². The van der Waals surface area contributed by atoms with E-state index in [1.165, 1.54) is 17.0 Å². The van der Waals surface area contributed by atoms with E-state index >= 15 is 0 Å². The van der Waals surface area contributed by atoms with Crippen LogP contribution in [0.1, 0.15) is 29.8 Å². The highest BCUT2D eigenvalue weighted by Crippen LogP contribution is 2.31. The summed E-state index contributed by atoms with van der Waals surface area (Å²) in [6.07, 6.45) is 1.98. The van der Waals surface area contributed by atoms with Crippen LogP contribution in [0.15, 0.2) is 30.3 Å². The number of amides is 1. The molecule has 0 aromatic heterocycles. The highest BCUT2D eigenvalue weighted by atomic mass is 32.2. The van der Waals surface area contributed by atoms with Crippen molar-refractivity contribution in [3.8, 4) is 0 Å². The lowest BCUT2D eigenvalue weighted by molar-refractivity contribution is -0.0782.